The normalized spacial score (nSPS) is 12.0. The van der Waals surface area contributed by atoms with Gasteiger partial charge in [-0.2, -0.15) is 0 Å². The zero-order chi connectivity index (χ0) is 20.6. The number of rotatable bonds is 10. The Kier molecular flexibility index (Phi) is 7.57. The van der Waals surface area contributed by atoms with E-state index in [-0.39, 0.29) is 6.29 Å². The van der Waals surface area contributed by atoms with Crippen LogP contribution in [0, 0.1) is 0 Å². The highest BCUT2D eigenvalue weighted by Gasteiger charge is 2.15. The fraction of sp³-hybridized carbons (Fsp3) is 0.318. The molecule has 1 atom stereocenters. The third-order valence-electron chi connectivity index (χ3n) is 4.43. The number of benzene rings is 2. The van der Waals surface area contributed by atoms with Gasteiger partial charge in [0, 0.05) is 24.0 Å². The van der Waals surface area contributed by atoms with Crippen LogP contribution >= 0.6 is 11.8 Å². The Morgan fingerprint density at radius 2 is 1.48 bits per heavy atom. The minimum absolute atomic E-state index is 0.211. The number of imidazole rings is 1. The van der Waals surface area contributed by atoms with E-state index in [9.17, 15) is 0 Å². The first-order valence-electron chi connectivity index (χ1n) is 9.30. The summed E-state index contributed by atoms with van der Waals surface area (Å²) in [4.78, 5) is 8.30. The van der Waals surface area contributed by atoms with Crippen LogP contribution in [-0.4, -0.2) is 49.9 Å². The highest BCUT2D eigenvalue weighted by atomic mass is 32.2. The number of methoxy groups -OCH3 is 3. The maximum Gasteiger partial charge on any atom is 0.166 e. The van der Waals surface area contributed by atoms with Crippen molar-refractivity contribution in [2.24, 2.45) is 0 Å². The van der Waals surface area contributed by atoms with Crippen molar-refractivity contribution in [1.29, 1.82) is 0 Å². The van der Waals surface area contributed by atoms with Crippen molar-refractivity contribution in [3.8, 4) is 34.0 Å². The van der Waals surface area contributed by atoms with E-state index in [2.05, 4.69) is 4.98 Å². The lowest BCUT2D eigenvalue weighted by Crippen LogP contribution is -2.12. The van der Waals surface area contributed by atoms with Crippen molar-refractivity contribution in [2.45, 2.75) is 18.4 Å². The van der Waals surface area contributed by atoms with Gasteiger partial charge in [0.2, 0.25) is 0 Å². The molecule has 3 rings (SSSR count). The van der Waals surface area contributed by atoms with E-state index in [1.165, 1.54) is 0 Å². The van der Waals surface area contributed by atoms with E-state index in [1.807, 2.05) is 55.5 Å². The molecule has 0 saturated heterocycles. The molecule has 0 aliphatic rings. The average Bonchev–Trinajstić information content (AvgIpc) is 3.20. The number of ether oxygens (including phenoxy) is 4. The molecule has 0 fully saturated rings. The van der Waals surface area contributed by atoms with Gasteiger partial charge in [-0.05, 0) is 55.5 Å². The second kappa shape index (κ2) is 10.3. The van der Waals surface area contributed by atoms with E-state index in [0.717, 1.165) is 44.9 Å². The number of thioether (sulfide) groups is 1. The zero-order valence-corrected chi connectivity index (χ0v) is 17.9. The maximum absolute atomic E-state index is 5.56. The number of nitrogens with zero attached hydrogens (tertiary/aromatic N) is 1. The van der Waals surface area contributed by atoms with Gasteiger partial charge < -0.3 is 23.9 Å². The lowest BCUT2D eigenvalue weighted by Gasteiger charge is -2.09. The highest BCUT2D eigenvalue weighted by Crippen LogP contribution is 2.34. The minimum Gasteiger partial charge on any atom is -0.497 e. The van der Waals surface area contributed by atoms with E-state index in [4.69, 9.17) is 23.9 Å². The van der Waals surface area contributed by atoms with E-state index in [0.29, 0.717) is 6.61 Å². The number of H-pyrrole nitrogens is 1. The average molecular weight is 415 g/mol. The molecule has 0 saturated carbocycles. The van der Waals surface area contributed by atoms with Crippen molar-refractivity contribution in [1.82, 2.24) is 9.97 Å². The van der Waals surface area contributed by atoms with Crippen molar-refractivity contribution < 1.29 is 18.9 Å². The lowest BCUT2D eigenvalue weighted by atomic mass is 10.0. The van der Waals surface area contributed by atoms with Gasteiger partial charge in [-0.1, -0.05) is 11.8 Å². The van der Waals surface area contributed by atoms with Crippen LogP contribution in [-0.2, 0) is 9.47 Å². The SMILES string of the molecule is COc1ccc(-c2nc(SCCOC(C)OC)[nH]c2-c2ccc(OC)cc2)cc1. The number of hydrogen-bond donors (Lipinski definition) is 1. The molecule has 3 aromatic rings. The Morgan fingerprint density at radius 3 is 2.03 bits per heavy atom. The second-order valence-electron chi connectivity index (χ2n) is 6.25. The van der Waals surface area contributed by atoms with Crippen LogP contribution in [0.3, 0.4) is 0 Å². The summed E-state index contributed by atoms with van der Waals surface area (Å²) in [7, 11) is 4.95. The highest BCUT2D eigenvalue weighted by molar-refractivity contribution is 7.99. The van der Waals surface area contributed by atoms with Gasteiger partial charge in [0.15, 0.2) is 11.4 Å². The number of nitrogens with one attached hydrogen (secondary N) is 1. The summed E-state index contributed by atoms with van der Waals surface area (Å²) in [5.74, 6) is 2.40. The lowest BCUT2D eigenvalue weighted by molar-refractivity contribution is -0.105. The molecule has 29 heavy (non-hydrogen) atoms. The van der Waals surface area contributed by atoms with Gasteiger partial charge in [0.1, 0.15) is 11.5 Å². The Balaban J connectivity index is 1.85. The predicted octanol–water partition coefficient (Wildman–Crippen LogP) is 4.86. The van der Waals surface area contributed by atoms with E-state index in [1.54, 1.807) is 33.1 Å². The Labute approximate surface area is 175 Å². The fourth-order valence-corrected chi connectivity index (χ4v) is 3.47. The third kappa shape index (κ3) is 5.53. The van der Waals surface area contributed by atoms with Crippen LogP contribution in [0.4, 0.5) is 0 Å². The van der Waals surface area contributed by atoms with Crippen LogP contribution < -0.4 is 9.47 Å². The molecule has 1 aromatic heterocycles. The van der Waals surface area contributed by atoms with Gasteiger partial charge in [-0.3, -0.25) is 0 Å². The first-order chi connectivity index (χ1) is 14.1. The summed E-state index contributed by atoms with van der Waals surface area (Å²) in [5, 5.41) is 0.843. The molecular weight excluding hydrogens is 388 g/mol. The molecule has 1 N–H and O–H groups in total. The molecule has 0 spiro atoms. The number of aromatic amines is 1. The minimum atomic E-state index is -0.211. The first kappa shape index (κ1) is 21.2. The molecule has 0 bridgehead atoms. The molecule has 0 aliphatic carbocycles. The number of hydrogen-bond acceptors (Lipinski definition) is 6. The van der Waals surface area contributed by atoms with Crippen molar-refractivity contribution in [2.75, 3.05) is 33.7 Å². The largest absolute Gasteiger partial charge is 0.497 e. The van der Waals surface area contributed by atoms with Gasteiger partial charge in [-0.25, -0.2) is 4.98 Å². The van der Waals surface area contributed by atoms with Gasteiger partial charge in [0.25, 0.3) is 0 Å². The smallest absolute Gasteiger partial charge is 0.166 e. The molecular formula is C22H26N2O4S. The predicted molar refractivity (Wildman–Crippen MR) is 116 cm³/mol. The van der Waals surface area contributed by atoms with Gasteiger partial charge >= 0.3 is 0 Å². The first-order valence-corrected chi connectivity index (χ1v) is 10.3. The molecule has 0 amide bonds. The molecule has 1 heterocycles. The van der Waals surface area contributed by atoms with E-state index >= 15 is 0 Å². The van der Waals surface area contributed by atoms with Crippen LogP contribution in [0.25, 0.3) is 22.5 Å². The molecule has 2 aromatic carbocycles. The summed E-state index contributed by atoms with van der Waals surface area (Å²) in [6.45, 7) is 2.46. The summed E-state index contributed by atoms with van der Waals surface area (Å²) in [6.07, 6.45) is -0.211. The van der Waals surface area contributed by atoms with E-state index < -0.39 is 0 Å². The monoisotopic (exact) mass is 414 g/mol. The van der Waals surface area contributed by atoms with Crippen molar-refractivity contribution in [3.05, 3.63) is 48.5 Å². The van der Waals surface area contributed by atoms with Crippen molar-refractivity contribution in [3.63, 3.8) is 0 Å². The van der Waals surface area contributed by atoms with Crippen molar-refractivity contribution >= 4 is 11.8 Å². The Hall–Kier alpha value is -2.48. The molecule has 7 heteroatoms. The Morgan fingerprint density at radius 1 is 0.897 bits per heavy atom. The van der Waals surface area contributed by atoms with Crippen LogP contribution in [0.2, 0.25) is 0 Å². The summed E-state index contributed by atoms with van der Waals surface area (Å²) < 4.78 is 21.2. The summed E-state index contributed by atoms with van der Waals surface area (Å²) >= 11 is 1.62. The quantitative estimate of drug-likeness (QED) is 0.290. The van der Waals surface area contributed by atoms with Gasteiger partial charge in [0.05, 0.1) is 32.2 Å². The topological polar surface area (TPSA) is 65.6 Å². The summed E-state index contributed by atoms with van der Waals surface area (Å²) in [6, 6.07) is 15.8. The summed E-state index contributed by atoms with van der Waals surface area (Å²) in [5.41, 5.74) is 3.92. The molecule has 154 valence electrons. The second-order valence-corrected chi connectivity index (χ2v) is 7.33. The molecule has 0 radical (unpaired) electrons. The number of aromatic nitrogens is 2. The standard InChI is InChI=1S/C22H26N2O4S/c1-15(25-2)28-13-14-29-22-23-20(16-5-9-18(26-3)10-6-16)21(24-22)17-7-11-19(27-4)12-8-17/h5-12,15H,13-14H2,1-4H3,(H,23,24). The molecule has 6 nitrogen and oxygen atoms in total. The van der Waals surface area contributed by atoms with Crippen LogP contribution in [0.15, 0.2) is 53.7 Å². The fourth-order valence-electron chi connectivity index (χ4n) is 2.76. The Bertz CT molecular complexity index is 829. The molecule has 0 aliphatic heterocycles. The third-order valence-corrected chi connectivity index (χ3v) is 5.27. The zero-order valence-electron chi connectivity index (χ0n) is 17.1. The van der Waals surface area contributed by atoms with Crippen LogP contribution in [0.5, 0.6) is 11.5 Å². The van der Waals surface area contributed by atoms with Crippen LogP contribution in [0.1, 0.15) is 6.92 Å². The molecule has 1 unspecified atom stereocenters. The van der Waals surface area contributed by atoms with Gasteiger partial charge in [-0.15, -0.1) is 0 Å². The maximum atomic E-state index is 5.56.